The van der Waals surface area contributed by atoms with E-state index in [1.54, 1.807) is 6.07 Å². The monoisotopic (exact) mass is 542 g/mol. The number of nitrogens with zero attached hydrogens (tertiary/aromatic N) is 1. The van der Waals surface area contributed by atoms with Crippen LogP contribution in [0.15, 0.2) is 71.8 Å². The number of aromatic carboxylic acids is 1. The van der Waals surface area contributed by atoms with Crippen molar-refractivity contribution < 1.29 is 41.8 Å². The highest BCUT2D eigenvalue weighted by atomic mass is 19.4. The molecule has 0 spiro atoms. The first-order valence-corrected chi connectivity index (χ1v) is 11.5. The van der Waals surface area contributed by atoms with Gasteiger partial charge < -0.3 is 24.8 Å². The summed E-state index contributed by atoms with van der Waals surface area (Å²) in [7, 11) is 1.38. The molecular formula is C28H22F4N2O5. The van der Waals surface area contributed by atoms with Crippen LogP contribution in [0.3, 0.4) is 0 Å². The zero-order valence-corrected chi connectivity index (χ0v) is 20.4. The number of alkyl halides is 3. The number of hydrogen-bond donors (Lipinski definition) is 3. The Bertz CT molecular complexity index is 1600. The van der Waals surface area contributed by atoms with Gasteiger partial charge in [0.25, 0.3) is 5.91 Å². The van der Waals surface area contributed by atoms with E-state index in [2.05, 4.69) is 11.9 Å². The van der Waals surface area contributed by atoms with E-state index in [1.165, 1.54) is 49.5 Å². The number of furan rings is 1. The fourth-order valence-corrected chi connectivity index (χ4v) is 4.08. The Kier molecular flexibility index (Phi) is 7.46. The van der Waals surface area contributed by atoms with Crippen LogP contribution in [0.25, 0.3) is 28.5 Å². The topological polar surface area (TPSA) is 103 Å². The number of halogens is 4. The van der Waals surface area contributed by atoms with E-state index in [0.717, 1.165) is 18.3 Å². The summed E-state index contributed by atoms with van der Waals surface area (Å²) in [6, 6.07) is 11.0. The summed E-state index contributed by atoms with van der Waals surface area (Å²) in [5.74, 6) is -2.26. The fourth-order valence-electron chi connectivity index (χ4n) is 4.08. The van der Waals surface area contributed by atoms with Gasteiger partial charge >= 0.3 is 12.1 Å². The molecule has 3 aromatic rings. The van der Waals surface area contributed by atoms with Gasteiger partial charge in [0.15, 0.2) is 0 Å². The number of carbonyl (C=O) groups is 2. The number of aliphatic hydroxyl groups excluding tert-OH is 1. The van der Waals surface area contributed by atoms with Crippen molar-refractivity contribution in [1.82, 2.24) is 10.2 Å². The molecule has 2 heterocycles. The summed E-state index contributed by atoms with van der Waals surface area (Å²) < 4.78 is 59.1. The van der Waals surface area contributed by atoms with Crippen molar-refractivity contribution in [2.45, 2.75) is 12.4 Å². The van der Waals surface area contributed by atoms with Crippen molar-refractivity contribution in [2.24, 2.45) is 0 Å². The van der Waals surface area contributed by atoms with Crippen LogP contribution in [-0.4, -0.2) is 53.0 Å². The second-order valence-electron chi connectivity index (χ2n) is 8.62. The van der Waals surface area contributed by atoms with Crippen LogP contribution in [0.2, 0.25) is 0 Å². The first-order valence-electron chi connectivity index (χ1n) is 11.5. The van der Waals surface area contributed by atoms with Crippen LogP contribution in [0.1, 0.15) is 26.3 Å². The molecule has 0 aliphatic carbocycles. The van der Waals surface area contributed by atoms with E-state index < -0.39 is 36.6 Å². The molecular weight excluding hydrogens is 520 g/mol. The van der Waals surface area contributed by atoms with E-state index in [9.17, 15) is 37.4 Å². The lowest BCUT2D eigenvalue weighted by Gasteiger charge is -2.24. The molecule has 39 heavy (non-hydrogen) atoms. The molecule has 1 amide bonds. The summed E-state index contributed by atoms with van der Waals surface area (Å²) in [5.41, 5.74) is 1.26. The molecule has 0 fully saturated rings. The van der Waals surface area contributed by atoms with E-state index in [0.29, 0.717) is 16.0 Å². The SMILES string of the molecule is C=C(/C=c1/c(C(=O)NC)c(-c2ccc(F)cc2)o/c1=C1\C=CN(C(O)C(F)(F)F)C1)c1cccc(C(=O)O)c1. The molecule has 0 saturated carbocycles. The van der Waals surface area contributed by atoms with Crippen molar-refractivity contribution in [3.8, 4) is 11.3 Å². The number of hydrogen-bond acceptors (Lipinski definition) is 5. The normalized spacial score (nSPS) is 15.9. The highest BCUT2D eigenvalue weighted by Gasteiger charge is 2.42. The highest BCUT2D eigenvalue weighted by Crippen LogP contribution is 2.27. The highest BCUT2D eigenvalue weighted by molar-refractivity contribution is 6.02. The van der Waals surface area contributed by atoms with Gasteiger partial charge in [-0.15, -0.1) is 0 Å². The average molecular weight is 542 g/mol. The quantitative estimate of drug-likeness (QED) is 0.412. The Labute approximate surface area is 219 Å². The third-order valence-electron chi connectivity index (χ3n) is 6.02. The Balaban J connectivity index is 1.99. The van der Waals surface area contributed by atoms with Crippen LogP contribution in [0.4, 0.5) is 17.6 Å². The lowest BCUT2D eigenvalue weighted by molar-refractivity contribution is -0.239. The predicted octanol–water partition coefficient (Wildman–Crippen LogP) is 3.50. The van der Waals surface area contributed by atoms with Crippen molar-refractivity contribution in [2.75, 3.05) is 13.6 Å². The number of carboxylic acids is 1. The standard InChI is InChI=1S/C28H22F4N2O5/c1-15(17-4-3-5-18(13-17)26(36)37)12-21-22(25(35)33-2)24(16-6-8-20(29)9-7-16)39-23(21)19-10-11-34(14-19)27(38)28(30,31)32/h3-13,27,38H,1,14H2,2H3,(H,33,35)(H,36,37)/b21-12-,23-19+. The molecule has 0 saturated heterocycles. The number of amides is 1. The molecule has 0 bridgehead atoms. The molecule has 0 radical (unpaired) electrons. The Morgan fingerprint density at radius 3 is 2.44 bits per heavy atom. The maximum atomic E-state index is 13.6. The zero-order chi connectivity index (χ0) is 28.5. The first-order chi connectivity index (χ1) is 18.4. The summed E-state index contributed by atoms with van der Waals surface area (Å²) in [4.78, 5) is 25.2. The van der Waals surface area contributed by atoms with E-state index in [1.807, 2.05) is 0 Å². The molecule has 4 rings (SSSR count). The molecule has 2 aromatic carbocycles. The molecule has 1 aliphatic heterocycles. The maximum absolute atomic E-state index is 13.6. The minimum absolute atomic E-state index is 0.00197. The molecule has 11 heteroatoms. The third-order valence-corrected chi connectivity index (χ3v) is 6.02. The summed E-state index contributed by atoms with van der Waals surface area (Å²) in [5, 5.41) is 21.7. The van der Waals surface area contributed by atoms with Gasteiger partial charge in [-0.1, -0.05) is 18.7 Å². The lowest BCUT2D eigenvalue weighted by Crippen LogP contribution is -2.42. The summed E-state index contributed by atoms with van der Waals surface area (Å²) in [6.45, 7) is 3.59. The minimum atomic E-state index is -4.91. The van der Waals surface area contributed by atoms with Gasteiger partial charge in [-0.3, -0.25) is 4.79 Å². The summed E-state index contributed by atoms with van der Waals surface area (Å²) in [6.07, 6.45) is -3.84. The maximum Gasteiger partial charge on any atom is 0.433 e. The second kappa shape index (κ2) is 10.6. The minimum Gasteiger partial charge on any atom is -0.478 e. The van der Waals surface area contributed by atoms with Crippen molar-refractivity contribution in [1.29, 1.82) is 0 Å². The second-order valence-corrected chi connectivity index (χ2v) is 8.62. The Morgan fingerprint density at radius 1 is 1.15 bits per heavy atom. The van der Waals surface area contributed by atoms with E-state index in [4.69, 9.17) is 4.42 Å². The number of benzene rings is 2. The van der Waals surface area contributed by atoms with E-state index in [-0.39, 0.29) is 38.7 Å². The van der Waals surface area contributed by atoms with Gasteiger partial charge in [-0.05, 0) is 59.7 Å². The van der Waals surface area contributed by atoms with Crippen molar-refractivity contribution >= 4 is 29.1 Å². The number of rotatable bonds is 6. The number of nitrogens with one attached hydrogen (secondary N) is 1. The van der Waals surface area contributed by atoms with Crippen LogP contribution in [0.5, 0.6) is 0 Å². The van der Waals surface area contributed by atoms with Crippen molar-refractivity contribution in [3.05, 3.63) is 101 Å². The smallest absolute Gasteiger partial charge is 0.433 e. The van der Waals surface area contributed by atoms with Crippen LogP contribution >= 0.6 is 0 Å². The molecule has 1 aromatic heterocycles. The molecule has 1 aliphatic rings. The van der Waals surface area contributed by atoms with Crippen molar-refractivity contribution in [3.63, 3.8) is 0 Å². The molecule has 7 nitrogen and oxygen atoms in total. The average Bonchev–Trinajstić information content (AvgIpc) is 3.53. The molecule has 3 N–H and O–H groups in total. The predicted molar refractivity (Wildman–Crippen MR) is 135 cm³/mol. The van der Waals surface area contributed by atoms with Gasteiger partial charge in [-0.2, -0.15) is 13.2 Å². The number of aliphatic hydroxyl groups is 1. The Hall–Kier alpha value is -4.64. The van der Waals surface area contributed by atoms with Gasteiger partial charge in [0.1, 0.15) is 17.0 Å². The van der Waals surface area contributed by atoms with Gasteiger partial charge in [-0.25, -0.2) is 9.18 Å². The van der Waals surface area contributed by atoms with Gasteiger partial charge in [0.05, 0.1) is 11.1 Å². The lowest BCUT2D eigenvalue weighted by atomic mass is 10.0. The van der Waals surface area contributed by atoms with Crippen LogP contribution < -0.4 is 16.0 Å². The Morgan fingerprint density at radius 2 is 1.82 bits per heavy atom. The molecule has 1 atom stereocenters. The zero-order valence-electron chi connectivity index (χ0n) is 20.4. The third kappa shape index (κ3) is 5.63. The van der Waals surface area contributed by atoms with Gasteiger partial charge in [0, 0.05) is 36.1 Å². The van der Waals surface area contributed by atoms with Crippen LogP contribution in [0, 0.1) is 5.82 Å². The number of allylic oxidation sites excluding steroid dienone is 1. The van der Waals surface area contributed by atoms with Gasteiger partial charge in [0.2, 0.25) is 6.23 Å². The first kappa shape index (κ1) is 27.4. The largest absolute Gasteiger partial charge is 0.478 e. The van der Waals surface area contributed by atoms with Crippen LogP contribution in [-0.2, 0) is 0 Å². The summed E-state index contributed by atoms with van der Waals surface area (Å²) >= 11 is 0. The number of carboxylic acid groups (broad SMARTS) is 1. The molecule has 1 unspecified atom stereocenters. The molecule has 202 valence electrons. The fraction of sp³-hybridized carbons (Fsp3) is 0.143. The van der Waals surface area contributed by atoms with E-state index >= 15 is 0 Å². The number of carbonyl (C=O) groups excluding carboxylic acids is 1.